The first kappa shape index (κ1) is 15.2. The summed E-state index contributed by atoms with van der Waals surface area (Å²) in [7, 11) is 0. The second-order valence-electron chi connectivity index (χ2n) is 5.54. The van der Waals surface area contributed by atoms with Crippen LogP contribution in [0.1, 0.15) is 12.0 Å². The predicted octanol–water partition coefficient (Wildman–Crippen LogP) is 3.13. The molecule has 0 aliphatic rings. The Bertz CT molecular complexity index is 802. The molecule has 1 amide bonds. The molecule has 0 saturated heterocycles. The Labute approximate surface area is 135 Å². The normalized spacial score (nSPS) is 12.0. The molecule has 4 heteroatoms. The number of aryl methyl sites for hydroxylation is 1. The lowest BCUT2D eigenvalue weighted by atomic mass is 10.1. The molecular weight excluding hydrogens is 286 g/mol. The number of nitrogens with two attached hydrogens (primary N) is 1. The van der Waals surface area contributed by atoms with Crippen molar-refractivity contribution >= 4 is 22.5 Å². The summed E-state index contributed by atoms with van der Waals surface area (Å²) < 4.78 is 0. The van der Waals surface area contributed by atoms with Crippen molar-refractivity contribution in [2.24, 2.45) is 5.73 Å². The van der Waals surface area contributed by atoms with Crippen molar-refractivity contribution in [2.75, 3.05) is 5.32 Å². The molecule has 23 heavy (non-hydrogen) atoms. The van der Waals surface area contributed by atoms with E-state index in [1.165, 1.54) is 5.56 Å². The minimum absolute atomic E-state index is 0.182. The lowest BCUT2D eigenvalue weighted by molar-refractivity contribution is -0.117. The highest BCUT2D eigenvalue weighted by Gasteiger charge is 2.13. The predicted molar refractivity (Wildman–Crippen MR) is 93.1 cm³/mol. The fourth-order valence-electron chi connectivity index (χ4n) is 2.47. The fourth-order valence-corrected chi connectivity index (χ4v) is 2.47. The van der Waals surface area contributed by atoms with Crippen LogP contribution < -0.4 is 11.1 Å². The van der Waals surface area contributed by atoms with E-state index < -0.39 is 6.04 Å². The Balaban J connectivity index is 1.60. The van der Waals surface area contributed by atoms with Gasteiger partial charge in [0.1, 0.15) is 0 Å². The maximum Gasteiger partial charge on any atom is 0.241 e. The minimum Gasteiger partial charge on any atom is -0.323 e. The molecule has 4 nitrogen and oxygen atoms in total. The summed E-state index contributed by atoms with van der Waals surface area (Å²) >= 11 is 0. The molecule has 0 unspecified atom stereocenters. The Kier molecular flexibility index (Phi) is 4.64. The summed E-state index contributed by atoms with van der Waals surface area (Å²) in [6, 6.07) is 19.2. The molecule has 0 radical (unpaired) electrons. The molecule has 3 N–H and O–H groups in total. The van der Waals surface area contributed by atoms with Crippen LogP contribution >= 0.6 is 0 Å². The van der Waals surface area contributed by atoms with Gasteiger partial charge in [-0.2, -0.15) is 0 Å². The van der Waals surface area contributed by atoms with E-state index in [1.54, 1.807) is 6.20 Å². The van der Waals surface area contributed by atoms with Crippen LogP contribution in [0, 0.1) is 0 Å². The number of carbonyl (C=O) groups excluding carboxylic acids is 1. The number of hydrogen-bond acceptors (Lipinski definition) is 3. The first-order valence-electron chi connectivity index (χ1n) is 7.67. The molecule has 0 saturated carbocycles. The Hall–Kier alpha value is -2.72. The smallest absolute Gasteiger partial charge is 0.241 e. The Morgan fingerprint density at radius 1 is 1.09 bits per heavy atom. The van der Waals surface area contributed by atoms with Crippen molar-refractivity contribution in [3.63, 3.8) is 0 Å². The minimum atomic E-state index is -0.540. The van der Waals surface area contributed by atoms with Gasteiger partial charge >= 0.3 is 0 Å². The van der Waals surface area contributed by atoms with Gasteiger partial charge in [0.2, 0.25) is 5.91 Å². The molecule has 2 aromatic carbocycles. The van der Waals surface area contributed by atoms with E-state index in [-0.39, 0.29) is 5.91 Å². The number of fused-ring (bicyclic) bond motifs is 1. The van der Waals surface area contributed by atoms with Gasteiger partial charge in [0.15, 0.2) is 0 Å². The van der Waals surface area contributed by atoms with Gasteiger partial charge in [0.05, 0.1) is 23.4 Å². The summed E-state index contributed by atoms with van der Waals surface area (Å²) in [4.78, 5) is 16.5. The monoisotopic (exact) mass is 305 g/mol. The zero-order valence-electron chi connectivity index (χ0n) is 12.8. The molecule has 116 valence electrons. The molecule has 0 spiro atoms. The van der Waals surface area contributed by atoms with E-state index >= 15 is 0 Å². The second kappa shape index (κ2) is 7.03. The van der Waals surface area contributed by atoms with E-state index in [1.807, 2.05) is 60.7 Å². The van der Waals surface area contributed by atoms with Gasteiger partial charge < -0.3 is 11.1 Å². The van der Waals surface area contributed by atoms with Gasteiger partial charge in [-0.05, 0) is 30.5 Å². The van der Waals surface area contributed by atoms with Gasteiger partial charge in [-0.25, -0.2) is 0 Å². The van der Waals surface area contributed by atoms with Crippen LogP contribution in [0.5, 0.6) is 0 Å². The molecule has 0 fully saturated rings. The lowest BCUT2D eigenvalue weighted by Crippen LogP contribution is -2.36. The highest BCUT2D eigenvalue weighted by molar-refractivity contribution is 5.96. The Morgan fingerprint density at radius 3 is 2.65 bits per heavy atom. The number of carbonyl (C=O) groups is 1. The summed E-state index contributed by atoms with van der Waals surface area (Å²) in [6.07, 6.45) is 3.05. The molecule has 0 aliphatic heterocycles. The highest BCUT2D eigenvalue weighted by atomic mass is 16.2. The summed E-state index contributed by atoms with van der Waals surface area (Å²) in [5.74, 6) is -0.182. The third-order valence-corrected chi connectivity index (χ3v) is 3.78. The molecule has 3 rings (SSSR count). The fraction of sp³-hybridized carbons (Fsp3) is 0.158. The zero-order chi connectivity index (χ0) is 16.1. The van der Waals surface area contributed by atoms with Crippen LogP contribution in [0.2, 0.25) is 0 Å². The molecule has 0 aliphatic carbocycles. The van der Waals surface area contributed by atoms with E-state index in [2.05, 4.69) is 10.3 Å². The number of hydrogen-bond donors (Lipinski definition) is 2. The standard InChI is InChI=1S/C19H19N3O/c20-17(11-10-14-6-2-1-3-7-14)19(23)22-16-12-15-8-4-5-9-18(15)21-13-16/h1-9,12-13,17H,10-11,20H2,(H,22,23)/t17-/m1/s1. The van der Waals surface area contributed by atoms with Gasteiger partial charge in [-0.3, -0.25) is 9.78 Å². The average molecular weight is 305 g/mol. The molecule has 1 aromatic heterocycles. The Morgan fingerprint density at radius 2 is 1.83 bits per heavy atom. The van der Waals surface area contributed by atoms with Crippen molar-refractivity contribution in [1.29, 1.82) is 0 Å². The van der Waals surface area contributed by atoms with E-state index in [4.69, 9.17) is 5.73 Å². The van der Waals surface area contributed by atoms with Crippen molar-refractivity contribution in [1.82, 2.24) is 4.98 Å². The first-order chi connectivity index (χ1) is 11.2. The molecule has 0 bridgehead atoms. The quantitative estimate of drug-likeness (QED) is 0.761. The van der Waals surface area contributed by atoms with Crippen molar-refractivity contribution in [3.8, 4) is 0 Å². The number of anilines is 1. The first-order valence-corrected chi connectivity index (χ1v) is 7.67. The van der Waals surface area contributed by atoms with Gasteiger partial charge in [-0.1, -0.05) is 48.5 Å². The topological polar surface area (TPSA) is 68.0 Å². The zero-order valence-corrected chi connectivity index (χ0v) is 12.8. The van der Waals surface area contributed by atoms with Crippen molar-refractivity contribution in [2.45, 2.75) is 18.9 Å². The summed E-state index contributed by atoms with van der Waals surface area (Å²) in [6.45, 7) is 0. The number of rotatable bonds is 5. The number of aromatic nitrogens is 1. The van der Waals surface area contributed by atoms with Crippen molar-refractivity contribution < 1.29 is 4.79 Å². The largest absolute Gasteiger partial charge is 0.323 e. The van der Waals surface area contributed by atoms with E-state index in [0.717, 1.165) is 17.3 Å². The third kappa shape index (κ3) is 3.93. The SMILES string of the molecule is N[C@H](CCc1ccccc1)C(=O)Nc1cnc2ccccc2c1. The van der Waals surface area contributed by atoms with Crippen LogP contribution in [0.3, 0.4) is 0 Å². The van der Waals surface area contributed by atoms with E-state index in [9.17, 15) is 4.79 Å². The van der Waals surface area contributed by atoms with E-state index in [0.29, 0.717) is 12.1 Å². The van der Waals surface area contributed by atoms with Crippen LogP contribution in [0.25, 0.3) is 10.9 Å². The van der Waals surface area contributed by atoms with Crippen LogP contribution in [0.4, 0.5) is 5.69 Å². The van der Waals surface area contributed by atoms with Gasteiger partial charge in [0.25, 0.3) is 0 Å². The van der Waals surface area contributed by atoms with Gasteiger partial charge in [0, 0.05) is 5.39 Å². The average Bonchev–Trinajstić information content (AvgIpc) is 2.60. The molecular formula is C19H19N3O. The number of amides is 1. The molecule has 3 aromatic rings. The lowest BCUT2D eigenvalue weighted by Gasteiger charge is -2.12. The molecule has 1 atom stereocenters. The number of benzene rings is 2. The number of nitrogens with one attached hydrogen (secondary N) is 1. The number of para-hydroxylation sites is 1. The van der Waals surface area contributed by atoms with Crippen molar-refractivity contribution in [3.05, 3.63) is 72.4 Å². The van der Waals surface area contributed by atoms with Crippen LogP contribution in [0.15, 0.2) is 66.9 Å². The third-order valence-electron chi connectivity index (χ3n) is 3.78. The van der Waals surface area contributed by atoms with Gasteiger partial charge in [-0.15, -0.1) is 0 Å². The summed E-state index contributed by atoms with van der Waals surface area (Å²) in [5.41, 5.74) is 8.75. The number of pyridine rings is 1. The summed E-state index contributed by atoms with van der Waals surface area (Å²) in [5, 5.41) is 3.83. The maximum atomic E-state index is 12.2. The maximum absolute atomic E-state index is 12.2. The second-order valence-corrected chi connectivity index (χ2v) is 5.54. The molecule has 1 heterocycles. The van der Waals surface area contributed by atoms with Crippen LogP contribution in [-0.2, 0) is 11.2 Å². The highest BCUT2D eigenvalue weighted by Crippen LogP contribution is 2.16. The number of nitrogens with zero attached hydrogens (tertiary/aromatic N) is 1. The van der Waals surface area contributed by atoms with Crippen LogP contribution in [-0.4, -0.2) is 16.9 Å².